The largest absolute Gasteiger partial charge is 0.223 e. The Kier molecular flexibility index (Phi) is 4.30. The minimum Gasteiger partial charge on any atom is -0.223 e. The molecule has 0 aromatic rings. The van der Waals surface area contributed by atoms with Gasteiger partial charge in [-0.15, -0.1) is 0 Å². The first-order chi connectivity index (χ1) is 6.74. The minimum absolute atomic E-state index is 0.0216. The molecule has 0 heterocycles. The summed E-state index contributed by atoms with van der Waals surface area (Å²) in [6.07, 6.45) is -0.0432. The van der Waals surface area contributed by atoms with E-state index in [4.69, 9.17) is 0 Å². The summed E-state index contributed by atoms with van der Waals surface area (Å²) in [6.45, 7) is 9.35. The molecule has 0 aliphatic heterocycles. The van der Waals surface area contributed by atoms with E-state index in [1.807, 2.05) is 0 Å². The lowest BCUT2D eigenvalue weighted by Gasteiger charge is -2.27. The molecule has 0 bridgehead atoms. The lowest BCUT2D eigenvalue weighted by atomic mass is 10.2. The molecule has 6 heteroatoms. The van der Waals surface area contributed by atoms with Crippen molar-refractivity contribution in [1.82, 2.24) is 0 Å². The maximum Gasteiger partial charge on any atom is 0.191 e. The Balaban J connectivity index is 6.12. The molecular weight excluding hydrogens is 236 g/mol. The standard InChI is InChI=1S/C9H16O4S2/c1-5-9(6-2,14(10,11)7-3)15(12,13)8-4/h7-8H,3-6H2,1-2H3. The molecule has 0 aromatic carbocycles. The highest BCUT2D eigenvalue weighted by molar-refractivity contribution is 8.12. The number of hydrogen-bond acceptors (Lipinski definition) is 4. The molecule has 0 amide bonds. The zero-order chi connectivity index (χ0) is 12.3. The Morgan fingerprint density at radius 2 is 1.20 bits per heavy atom. The van der Waals surface area contributed by atoms with Crippen LogP contribution in [0.4, 0.5) is 0 Å². The van der Waals surface area contributed by atoms with Gasteiger partial charge in [-0.2, -0.15) is 0 Å². The molecule has 0 saturated carbocycles. The molecule has 0 fully saturated rings. The van der Waals surface area contributed by atoms with Crippen LogP contribution in [0.5, 0.6) is 0 Å². The molecule has 0 aromatic heterocycles. The van der Waals surface area contributed by atoms with E-state index in [0.29, 0.717) is 10.8 Å². The minimum atomic E-state index is -3.89. The van der Waals surface area contributed by atoms with Crippen LogP contribution in [0, 0.1) is 0 Å². The molecule has 0 unspecified atom stereocenters. The van der Waals surface area contributed by atoms with Crippen LogP contribution in [0.3, 0.4) is 0 Å². The summed E-state index contributed by atoms with van der Waals surface area (Å²) in [5, 5.41) is 1.39. The van der Waals surface area contributed by atoms with Crippen LogP contribution in [0.1, 0.15) is 26.7 Å². The lowest BCUT2D eigenvalue weighted by Crippen LogP contribution is -2.43. The Bertz CT molecular complexity index is 399. The third-order valence-corrected chi connectivity index (χ3v) is 8.05. The SMILES string of the molecule is C=CS(=O)(=O)C(CC)(CC)S(=O)(=O)C=C. The highest BCUT2D eigenvalue weighted by Gasteiger charge is 2.49. The molecule has 0 spiro atoms. The smallest absolute Gasteiger partial charge is 0.191 e. The second kappa shape index (κ2) is 4.49. The van der Waals surface area contributed by atoms with Gasteiger partial charge in [0.1, 0.15) is 0 Å². The topological polar surface area (TPSA) is 68.3 Å². The lowest BCUT2D eigenvalue weighted by molar-refractivity contribution is 0.535. The molecule has 0 atom stereocenters. The van der Waals surface area contributed by atoms with Gasteiger partial charge in [0, 0.05) is 10.8 Å². The predicted octanol–water partition coefficient (Wildman–Crippen LogP) is 1.62. The fourth-order valence-electron chi connectivity index (χ4n) is 1.52. The van der Waals surface area contributed by atoms with Crippen molar-refractivity contribution in [3.05, 3.63) is 24.0 Å². The van der Waals surface area contributed by atoms with Gasteiger partial charge in [-0.1, -0.05) is 27.0 Å². The van der Waals surface area contributed by atoms with Crippen molar-refractivity contribution < 1.29 is 16.8 Å². The predicted molar refractivity (Wildman–Crippen MR) is 61.5 cm³/mol. The summed E-state index contributed by atoms with van der Waals surface area (Å²) in [5.74, 6) is 0. The summed E-state index contributed by atoms with van der Waals surface area (Å²) in [5.41, 5.74) is 0. The molecule has 0 aliphatic rings. The quantitative estimate of drug-likeness (QED) is 0.720. The maximum atomic E-state index is 11.7. The van der Waals surface area contributed by atoms with Gasteiger partial charge in [-0.25, -0.2) is 16.8 Å². The first-order valence-corrected chi connectivity index (χ1v) is 7.58. The summed E-state index contributed by atoms with van der Waals surface area (Å²) < 4.78 is 45.2. The third-order valence-electron chi connectivity index (χ3n) is 2.55. The van der Waals surface area contributed by atoms with Crippen LogP contribution in [0.15, 0.2) is 24.0 Å². The molecular formula is C9H16O4S2. The molecule has 0 aliphatic carbocycles. The second-order valence-electron chi connectivity index (χ2n) is 3.04. The van der Waals surface area contributed by atoms with Crippen molar-refractivity contribution in [1.29, 1.82) is 0 Å². The first-order valence-electron chi connectivity index (χ1n) is 4.48. The van der Waals surface area contributed by atoms with Gasteiger partial charge in [-0.3, -0.25) is 0 Å². The molecule has 88 valence electrons. The van der Waals surface area contributed by atoms with Crippen molar-refractivity contribution in [3.8, 4) is 0 Å². The van der Waals surface area contributed by atoms with E-state index >= 15 is 0 Å². The molecule has 4 nitrogen and oxygen atoms in total. The Labute approximate surface area is 91.5 Å². The van der Waals surface area contributed by atoms with Crippen molar-refractivity contribution in [2.45, 2.75) is 30.8 Å². The van der Waals surface area contributed by atoms with Crippen molar-refractivity contribution in [2.24, 2.45) is 0 Å². The van der Waals surface area contributed by atoms with Gasteiger partial charge in [0.25, 0.3) is 0 Å². The molecule has 0 rings (SSSR count). The van der Waals surface area contributed by atoms with Gasteiger partial charge in [0.05, 0.1) is 0 Å². The van der Waals surface area contributed by atoms with Crippen LogP contribution >= 0.6 is 0 Å². The Morgan fingerprint density at radius 1 is 0.933 bits per heavy atom. The average Bonchev–Trinajstić information content (AvgIpc) is 2.19. The highest BCUT2D eigenvalue weighted by Crippen LogP contribution is 2.34. The van der Waals surface area contributed by atoms with Crippen LogP contribution < -0.4 is 0 Å². The highest BCUT2D eigenvalue weighted by atomic mass is 32.3. The summed E-state index contributed by atoms with van der Waals surface area (Å²) in [7, 11) is -7.77. The fraction of sp³-hybridized carbons (Fsp3) is 0.556. The Hall–Kier alpha value is -0.620. The molecule has 15 heavy (non-hydrogen) atoms. The third kappa shape index (κ3) is 2.01. The summed E-state index contributed by atoms with van der Waals surface area (Å²) in [4.78, 5) is 0. The van der Waals surface area contributed by atoms with E-state index in [9.17, 15) is 16.8 Å². The zero-order valence-electron chi connectivity index (χ0n) is 8.93. The molecule has 0 N–H and O–H groups in total. The van der Waals surface area contributed by atoms with Gasteiger partial charge in [0.2, 0.25) is 0 Å². The molecule has 0 radical (unpaired) electrons. The van der Waals surface area contributed by atoms with Crippen molar-refractivity contribution >= 4 is 19.7 Å². The van der Waals surface area contributed by atoms with E-state index in [0.717, 1.165) is 0 Å². The number of hydrogen-bond donors (Lipinski definition) is 0. The maximum absolute atomic E-state index is 11.7. The fourth-order valence-corrected chi connectivity index (χ4v) is 5.44. The normalized spacial score (nSPS) is 13.5. The summed E-state index contributed by atoms with van der Waals surface area (Å²) in [6, 6.07) is 0. The number of rotatable bonds is 6. The van der Waals surface area contributed by atoms with Gasteiger partial charge >= 0.3 is 0 Å². The van der Waals surface area contributed by atoms with Crippen molar-refractivity contribution in [3.63, 3.8) is 0 Å². The number of sulfone groups is 2. The van der Waals surface area contributed by atoms with Crippen LogP contribution in [0.25, 0.3) is 0 Å². The zero-order valence-corrected chi connectivity index (χ0v) is 10.6. The van der Waals surface area contributed by atoms with E-state index in [-0.39, 0.29) is 12.8 Å². The van der Waals surface area contributed by atoms with Gasteiger partial charge in [-0.05, 0) is 12.8 Å². The van der Waals surface area contributed by atoms with Crippen LogP contribution in [0.2, 0.25) is 0 Å². The second-order valence-corrected chi connectivity index (χ2v) is 7.71. The van der Waals surface area contributed by atoms with E-state index < -0.39 is 23.8 Å². The van der Waals surface area contributed by atoms with Crippen LogP contribution in [-0.2, 0) is 19.7 Å². The Morgan fingerprint density at radius 3 is 1.33 bits per heavy atom. The summed E-state index contributed by atoms with van der Waals surface area (Å²) >= 11 is 0. The van der Waals surface area contributed by atoms with E-state index in [2.05, 4.69) is 13.2 Å². The monoisotopic (exact) mass is 252 g/mol. The van der Waals surface area contributed by atoms with E-state index in [1.165, 1.54) is 13.8 Å². The van der Waals surface area contributed by atoms with Crippen LogP contribution in [-0.4, -0.2) is 20.9 Å². The van der Waals surface area contributed by atoms with Crippen molar-refractivity contribution in [2.75, 3.05) is 0 Å². The van der Waals surface area contributed by atoms with E-state index in [1.54, 1.807) is 0 Å². The first kappa shape index (κ1) is 14.4. The van der Waals surface area contributed by atoms with Gasteiger partial charge < -0.3 is 0 Å². The average molecular weight is 252 g/mol. The van der Waals surface area contributed by atoms with Gasteiger partial charge in [0.15, 0.2) is 23.8 Å². The molecule has 0 saturated heterocycles.